The molecule has 2 aliphatic heterocycles. The molecule has 1 aromatic carbocycles. The highest BCUT2D eigenvalue weighted by atomic mass is 32.2. The van der Waals surface area contributed by atoms with Gasteiger partial charge in [-0.15, -0.1) is 4.40 Å². The van der Waals surface area contributed by atoms with Gasteiger partial charge in [0.2, 0.25) is 0 Å². The number of hydrogen-bond donors (Lipinski definition) is 1. The maximum atomic E-state index is 12.2. The summed E-state index contributed by atoms with van der Waals surface area (Å²) in [4.78, 5) is 2.41. The van der Waals surface area contributed by atoms with Crippen LogP contribution < -0.4 is 5.73 Å². The minimum Gasteiger partial charge on any atom is -0.348 e. The van der Waals surface area contributed by atoms with Gasteiger partial charge in [0.15, 0.2) is 5.84 Å². The summed E-state index contributed by atoms with van der Waals surface area (Å²) >= 11 is 0. The number of sulfonamides is 1. The standard InChI is InChI=1S/C14H19N3O2S/c1-10-5-4-6-11(9-15)17(10)14-12-7-2-3-8-13(12)20(18,19)16-14/h2-3,7-8,10-11H,4-6,9,15H2,1H3. The molecule has 0 bridgehead atoms. The van der Waals surface area contributed by atoms with E-state index in [-0.39, 0.29) is 12.1 Å². The van der Waals surface area contributed by atoms with Crippen molar-refractivity contribution in [2.24, 2.45) is 10.1 Å². The molecule has 2 N–H and O–H groups in total. The molecule has 5 nitrogen and oxygen atoms in total. The van der Waals surface area contributed by atoms with Gasteiger partial charge >= 0.3 is 0 Å². The summed E-state index contributed by atoms with van der Waals surface area (Å²) in [5.41, 5.74) is 6.57. The highest BCUT2D eigenvalue weighted by Crippen LogP contribution is 2.32. The molecule has 0 aliphatic carbocycles. The molecule has 3 rings (SSSR count). The molecule has 0 saturated carbocycles. The van der Waals surface area contributed by atoms with E-state index in [1.54, 1.807) is 12.1 Å². The highest BCUT2D eigenvalue weighted by Gasteiger charge is 2.37. The highest BCUT2D eigenvalue weighted by molar-refractivity contribution is 7.90. The normalized spacial score (nSPS) is 28.1. The zero-order chi connectivity index (χ0) is 14.3. The Kier molecular flexibility index (Phi) is 3.30. The van der Waals surface area contributed by atoms with Crippen LogP contribution in [0.1, 0.15) is 31.7 Å². The Morgan fingerprint density at radius 1 is 1.35 bits per heavy atom. The maximum Gasteiger partial charge on any atom is 0.285 e. The van der Waals surface area contributed by atoms with Crippen LogP contribution in [-0.4, -0.2) is 37.8 Å². The second-order valence-electron chi connectivity index (χ2n) is 5.46. The average molecular weight is 293 g/mol. The number of nitrogens with two attached hydrogens (primary N) is 1. The largest absolute Gasteiger partial charge is 0.348 e. The minimum absolute atomic E-state index is 0.166. The molecular formula is C14H19N3O2S. The summed E-state index contributed by atoms with van der Waals surface area (Å²) in [6.07, 6.45) is 3.15. The van der Waals surface area contributed by atoms with Gasteiger partial charge in [0, 0.05) is 24.2 Å². The average Bonchev–Trinajstić information content (AvgIpc) is 2.71. The minimum atomic E-state index is -3.55. The molecule has 0 radical (unpaired) electrons. The van der Waals surface area contributed by atoms with Crippen molar-refractivity contribution in [1.82, 2.24) is 4.90 Å². The van der Waals surface area contributed by atoms with Gasteiger partial charge in [0.1, 0.15) is 4.90 Å². The Labute approximate surface area is 119 Å². The number of rotatable bonds is 1. The number of nitrogens with zero attached hydrogens (tertiary/aromatic N) is 2. The van der Waals surface area contributed by atoms with Gasteiger partial charge in [-0.05, 0) is 38.3 Å². The van der Waals surface area contributed by atoms with Crippen LogP contribution in [0.2, 0.25) is 0 Å². The van der Waals surface area contributed by atoms with Crippen molar-refractivity contribution in [3.8, 4) is 0 Å². The van der Waals surface area contributed by atoms with Crippen molar-refractivity contribution in [3.63, 3.8) is 0 Å². The quantitative estimate of drug-likeness (QED) is 0.847. The SMILES string of the molecule is CC1CCCC(CN)N1C1=NS(=O)(=O)c2ccccc21. The molecule has 6 heteroatoms. The molecule has 0 aromatic heterocycles. The van der Waals surface area contributed by atoms with Crippen molar-refractivity contribution < 1.29 is 8.42 Å². The predicted octanol–water partition coefficient (Wildman–Crippen LogP) is 1.34. The Morgan fingerprint density at radius 3 is 2.85 bits per heavy atom. The lowest BCUT2D eigenvalue weighted by Crippen LogP contribution is -2.51. The van der Waals surface area contributed by atoms with Crippen LogP contribution in [0.15, 0.2) is 33.6 Å². The fourth-order valence-electron chi connectivity index (χ4n) is 3.17. The Balaban J connectivity index is 2.10. The fraction of sp³-hybridized carbons (Fsp3) is 0.500. The van der Waals surface area contributed by atoms with E-state index in [1.165, 1.54) is 0 Å². The summed E-state index contributed by atoms with van der Waals surface area (Å²) in [7, 11) is -3.55. The van der Waals surface area contributed by atoms with Crippen molar-refractivity contribution in [3.05, 3.63) is 29.8 Å². The van der Waals surface area contributed by atoms with E-state index in [0.717, 1.165) is 19.3 Å². The zero-order valence-electron chi connectivity index (χ0n) is 11.5. The molecule has 2 atom stereocenters. The van der Waals surface area contributed by atoms with Crippen LogP contribution in [0.25, 0.3) is 0 Å². The van der Waals surface area contributed by atoms with Crippen LogP contribution in [0.4, 0.5) is 0 Å². The number of benzene rings is 1. The van der Waals surface area contributed by atoms with Gasteiger partial charge in [-0.3, -0.25) is 0 Å². The first-order valence-electron chi connectivity index (χ1n) is 6.97. The number of fused-ring (bicyclic) bond motifs is 1. The maximum absolute atomic E-state index is 12.2. The first-order valence-corrected chi connectivity index (χ1v) is 8.41. The van der Waals surface area contributed by atoms with Crippen LogP contribution >= 0.6 is 0 Å². The van der Waals surface area contributed by atoms with Gasteiger partial charge in [-0.25, -0.2) is 0 Å². The van der Waals surface area contributed by atoms with Crippen molar-refractivity contribution in [1.29, 1.82) is 0 Å². The topological polar surface area (TPSA) is 75.8 Å². The molecule has 0 spiro atoms. The van der Waals surface area contributed by atoms with Crippen LogP contribution in [0, 0.1) is 0 Å². The van der Waals surface area contributed by atoms with E-state index < -0.39 is 10.0 Å². The third-order valence-corrected chi connectivity index (χ3v) is 5.48. The molecule has 20 heavy (non-hydrogen) atoms. The molecular weight excluding hydrogens is 274 g/mol. The number of hydrogen-bond acceptors (Lipinski definition) is 4. The molecule has 2 unspecified atom stereocenters. The molecule has 0 amide bonds. The van der Waals surface area contributed by atoms with Gasteiger partial charge in [-0.1, -0.05) is 12.1 Å². The zero-order valence-corrected chi connectivity index (χ0v) is 12.3. The summed E-state index contributed by atoms with van der Waals surface area (Å²) in [5, 5.41) is 0. The summed E-state index contributed by atoms with van der Waals surface area (Å²) in [6, 6.07) is 7.45. The lowest BCUT2D eigenvalue weighted by atomic mass is 9.95. The van der Waals surface area contributed by atoms with E-state index >= 15 is 0 Å². The number of piperidine rings is 1. The van der Waals surface area contributed by atoms with Crippen LogP contribution in [-0.2, 0) is 10.0 Å². The Hall–Kier alpha value is -1.40. The van der Waals surface area contributed by atoms with E-state index in [2.05, 4.69) is 16.2 Å². The first kappa shape index (κ1) is 13.6. The van der Waals surface area contributed by atoms with E-state index in [4.69, 9.17) is 5.73 Å². The van der Waals surface area contributed by atoms with Crippen LogP contribution in [0.5, 0.6) is 0 Å². The van der Waals surface area contributed by atoms with Gasteiger partial charge in [-0.2, -0.15) is 8.42 Å². The monoisotopic (exact) mass is 293 g/mol. The van der Waals surface area contributed by atoms with Crippen LogP contribution in [0.3, 0.4) is 0 Å². The molecule has 1 saturated heterocycles. The molecule has 2 heterocycles. The number of amidine groups is 1. The third-order valence-electron chi connectivity index (χ3n) is 4.16. The Morgan fingerprint density at radius 2 is 2.10 bits per heavy atom. The molecule has 2 aliphatic rings. The van der Waals surface area contributed by atoms with E-state index in [0.29, 0.717) is 22.8 Å². The van der Waals surface area contributed by atoms with Crippen molar-refractivity contribution >= 4 is 15.9 Å². The lowest BCUT2D eigenvalue weighted by molar-refractivity contribution is 0.184. The van der Waals surface area contributed by atoms with E-state index in [1.807, 2.05) is 12.1 Å². The summed E-state index contributed by atoms with van der Waals surface area (Å²) in [5.74, 6) is 0.572. The first-order chi connectivity index (χ1) is 9.54. The summed E-state index contributed by atoms with van der Waals surface area (Å²) in [6.45, 7) is 2.63. The molecule has 108 valence electrons. The van der Waals surface area contributed by atoms with Gasteiger partial charge < -0.3 is 10.6 Å². The molecule has 1 fully saturated rings. The predicted molar refractivity (Wildman–Crippen MR) is 78.2 cm³/mol. The number of likely N-dealkylation sites (tertiary alicyclic amines) is 1. The fourth-order valence-corrected chi connectivity index (χ4v) is 4.38. The second-order valence-corrected chi connectivity index (χ2v) is 7.04. The Bertz CT molecular complexity index is 654. The third kappa shape index (κ3) is 2.03. The molecule has 1 aromatic rings. The van der Waals surface area contributed by atoms with Crippen molar-refractivity contribution in [2.45, 2.75) is 43.2 Å². The van der Waals surface area contributed by atoms with Crippen molar-refractivity contribution in [2.75, 3.05) is 6.54 Å². The smallest absolute Gasteiger partial charge is 0.285 e. The van der Waals surface area contributed by atoms with E-state index in [9.17, 15) is 8.42 Å². The van der Waals surface area contributed by atoms with Gasteiger partial charge in [0.05, 0.1) is 0 Å². The lowest BCUT2D eigenvalue weighted by Gasteiger charge is -2.41. The summed E-state index contributed by atoms with van der Waals surface area (Å²) < 4.78 is 28.3. The van der Waals surface area contributed by atoms with Gasteiger partial charge in [0.25, 0.3) is 10.0 Å². The second kappa shape index (κ2) is 4.86.